The lowest BCUT2D eigenvalue weighted by Gasteiger charge is -2.26. The number of hydrogen-bond acceptors (Lipinski definition) is 5. The fourth-order valence-corrected chi connectivity index (χ4v) is 5.49. The molecule has 2 aliphatic rings. The lowest BCUT2D eigenvalue weighted by Crippen LogP contribution is -2.49. The van der Waals surface area contributed by atoms with Gasteiger partial charge in [-0.1, -0.05) is 30.4 Å². The number of alkyl halides is 1. The van der Waals surface area contributed by atoms with Crippen molar-refractivity contribution < 1.29 is 23.2 Å². The van der Waals surface area contributed by atoms with Gasteiger partial charge >= 0.3 is 0 Å². The largest absolute Gasteiger partial charge is 0.348 e. The number of benzene rings is 2. The van der Waals surface area contributed by atoms with Gasteiger partial charge in [-0.25, -0.2) is 13.8 Å². The van der Waals surface area contributed by atoms with Crippen LogP contribution in [0.1, 0.15) is 53.8 Å². The molecule has 1 aliphatic carbocycles. The number of nitrogens with one attached hydrogen (secondary N) is 3. The SMILES string of the molecule is C[C@H](NC(=O)[C@@H]1C[C@@H](F)CN1C(=O)CNC(=O)c1ccc2cc(F)ccc2n1)c1cc(-c2cn[nH]c2)ccc1/C=C/C1CC1. The highest BCUT2D eigenvalue weighted by molar-refractivity contribution is 5.97. The number of allylic oxidation sites excluding steroid dienone is 1. The number of aromatic nitrogens is 3. The highest BCUT2D eigenvalue weighted by atomic mass is 19.1. The van der Waals surface area contributed by atoms with E-state index in [0.717, 1.165) is 22.3 Å². The second kappa shape index (κ2) is 12.4. The van der Waals surface area contributed by atoms with E-state index < -0.39 is 48.3 Å². The summed E-state index contributed by atoms with van der Waals surface area (Å²) in [5, 5.41) is 12.9. The first-order valence-electron chi connectivity index (χ1n) is 14.6. The number of likely N-dealkylation sites (tertiary alicyclic amines) is 1. The molecule has 3 atom stereocenters. The summed E-state index contributed by atoms with van der Waals surface area (Å²) in [5.74, 6) is -1.50. The maximum absolute atomic E-state index is 14.6. The Morgan fingerprint density at radius 2 is 1.95 bits per heavy atom. The van der Waals surface area contributed by atoms with Crippen LogP contribution in [0, 0.1) is 11.7 Å². The summed E-state index contributed by atoms with van der Waals surface area (Å²) in [7, 11) is 0. The van der Waals surface area contributed by atoms with Crippen molar-refractivity contribution in [3.05, 3.63) is 89.6 Å². The molecule has 2 aromatic heterocycles. The van der Waals surface area contributed by atoms with Crippen molar-refractivity contribution in [1.29, 1.82) is 0 Å². The molecule has 1 saturated heterocycles. The molecule has 9 nitrogen and oxygen atoms in total. The molecule has 11 heteroatoms. The second-order valence-electron chi connectivity index (χ2n) is 11.4. The molecule has 0 radical (unpaired) electrons. The number of nitrogens with zero attached hydrogens (tertiary/aromatic N) is 3. The Hall–Kier alpha value is -4.93. The number of fused-ring (bicyclic) bond motifs is 1. The molecule has 2 fully saturated rings. The summed E-state index contributed by atoms with van der Waals surface area (Å²) in [5.41, 5.74) is 4.18. The van der Waals surface area contributed by atoms with Crippen LogP contribution in [0.2, 0.25) is 0 Å². The zero-order chi connectivity index (χ0) is 30.8. The molecule has 1 saturated carbocycles. The van der Waals surface area contributed by atoms with Gasteiger partial charge in [0, 0.05) is 23.6 Å². The maximum atomic E-state index is 14.6. The average molecular weight is 599 g/mol. The molecule has 3 amide bonds. The molecular weight excluding hydrogens is 566 g/mol. The van der Waals surface area contributed by atoms with E-state index in [2.05, 4.69) is 38.0 Å². The summed E-state index contributed by atoms with van der Waals surface area (Å²) in [6.07, 6.45) is 8.60. The van der Waals surface area contributed by atoms with Gasteiger partial charge in [-0.15, -0.1) is 0 Å². The first kappa shape index (κ1) is 29.2. The van der Waals surface area contributed by atoms with E-state index in [0.29, 0.717) is 16.8 Å². The Bertz CT molecular complexity index is 1740. The molecule has 1 aliphatic heterocycles. The highest BCUT2D eigenvalue weighted by Crippen LogP contribution is 2.33. The molecule has 3 N–H and O–H groups in total. The minimum Gasteiger partial charge on any atom is -0.348 e. The van der Waals surface area contributed by atoms with Gasteiger partial charge < -0.3 is 15.5 Å². The van der Waals surface area contributed by atoms with Crippen LogP contribution in [0.15, 0.2) is 67.0 Å². The quantitative estimate of drug-likeness (QED) is 0.257. The van der Waals surface area contributed by atoms with Crippen molar-refractivity contribution in [2.75, 3.05) is 13.1 Å². The molecule has 44 heavy (non-hydrogen) atoms. The lowest BCUT2D eigenvalue weighted by molar-refractivity contribution is -0.138. The number of aromatic amines is 1. The fraction of sp³-hybridized carbons (Fsp3) is 0.303. The van der Waals surface area contributed by atoms with Crippen molar-refractivity contribution >= 4 is 34.7 Å². The third-order valence-corrected chi connectivity index (χ3v) is 8.07. The van der Waals surface area contributed by atoms with Crippen molar-refractivity contribution in [2.45, 2.75) is 44.4 Å². The van der Waals surface area contributed by atoms with E-state index in [1.807, 2.05) is 25.1 Å². The monoisotopic (exact) mass is 598 g/mol. The topological polar surface area (TPSA) is 120 Å². The smallest absolute Gasteiger partial charge is 0.270 e. The van der Waals surface area contributed by atoms with Crippen LogP contribution in [0.5, 0.6) is 0 Å². The van der Waals surface area contributed by atoms with E-state index >= 15 is 0 Å². The van der Waals surface area contributed by atoms with E-state index in [1.54, 1.807) is 18.5 Å². The van der Waals surface area contributed by atoms with Crippen LogP contribution in [0.3, 0.4) is 0 Å². The highest BCUT2D eigenvalue weighted by Gasteiger charge is 2.40. The minimum atomic E-state index is -1.37. The van der Waals surface area contributed by atoms with E-state index in [-0.39, 0.29) is 18.7 Å². The summed E-state index contributed by atoms with van der Waals surface area (Å²) in [4.78, 5) is 44.7. The first-order chi connectivity index (χ1) is 21.2. The number of carbonyl (C=O) groups excluding carboxylic acids is 3. The summed E-state index contributed by atoms with van der Waals surface area (Å²) >= 11 is 0. The van der Waals surface area contributed by atoms with Crippen molar-refractivity contribution in [1.82, 2.24) is 30.7 Å². The zero-order valence-electron chi connectivity index (χ0n) is 24.1. The molecule has 0 spiro atoms. The molecule has 6 rings (SSSR count). The van der Waals surface area contributed by atoms with Crippen LogP contribution >= 0.6 is 0 Å². The van der Waals surface area contributed by atoms with E-state index in [4.69, 9.17) is 0 Å². The van der Waals surface area contributed by atoms with Gasteiger partial charge in [0.05, 0.1) is 30.8 Å². The Balaban J connectivity index is 1.13. The van der Waals surface area contributed by atoms with Gasteiger partial charge in [0.1, 0.15) is 23.7 Å². The maximum Gasteiger partial charge on any atom is 0.270 e. The first-order valence-corrected chi connectivity index (χ1v) is 14.6. The predicted octanol–water partition coefficient (Wildman–Crippen LogP) is 4.73. The summed E-state index contributed by atoms with van der Waals surface area (Å²) in [6.45, 7) is 1.18. The average Bonchev–Trinajstić information content (AvgIpc) is 3.51. The van der Waals surface area contributed by atoms with E-state index in [1.165, 1.54) is 42.0 Å². The van der Waals surface area contributed by atoms with Gasteiger partial charge in [-0.05, 0) is 72.7 Å². The number of H-pyrrole nitrogens is 1. The molecule has 4 aromatic rings. The Labute approximate surface area is 252 Å². The van der Waals surface area contributed by atoms with Gasteiger partial charge in [0.25, 0.3) is 5.91 Å². The third-order valence-electron chi connectivity index (χ3n) is 8.07. The number of hydrogen-bond donors (Lipinski definition) is 3. The third kappa shape index (κ3) is 6.51. The number of pyridine rings is 1. The Morgan fingerprint density at radius 1 is 1.11 bits per heavy atom. The van der Waals surface area contributed by atoms with Crippen LogP contribution < -0.4 is 10.6 Å². The van der Waals surface area contributed by atoms with Gasteiger partial charge in [0.2, 0.25) is 11.8 Å². The van der Waals surface area contributed by atoms with Crippen LogP contribution in [-0.2, 0) is 9.59 Å². The number of halogens is 2. The lowest BCUT2D eigenvalue weighted by atomic mass is 9.95. The minimum absolute atomic E-state index is 0.0500. The second-order valence-corrected chi connectivity index (χ2v) is 11.4. The van der Waals surface area contributed by atoms with Crippen molar-refractivity contribution in [3.63, 3.8) is 0 Å². The van der Waals surface area contributed by atoms with Crippen molar-refractivity contribution in [2.24, 2.45) is 5.92 Å². The number of carbonyl (C=O) groups is 3. The fourth-order valence-electron chi connectivity index (χ4n) is 5.49. The van der Waals surface area contributed by atoms with Gasteiger partial charge in [-0.2, -0.15) is 5.10 Å². The summed E-state index contributed by atoms with van der Waals surface area (Å²) < 4.78 is 28.0. The summed E-state index contributed by atoms with van der Waals surface area (Å²) in [6, 6.07) is 11.6. The molecule has 0 bridgehead atoms. The van der Waals surface area contributed by atoms with Crippen LogP contribution in [0.25, 0.3) is 28.1 Å². The predicted molar refractivity (Wildman–Crippen MR) is 161 cm³/mol. The van der Waals surface area contributed by atoms with Gasteiger partial charge in [0.15, 0.2) is 0 Å². The van der Waals surface area contributed by atoms with Gasteiger partial charge in [-0.3, -0.25) is 19.5 Å². The standard InChI is InChI=1S/C33H32F2N6O3/c1-19(27-13-22(24-15-37-38-16-24)7-6-21(27)5-4-20-2-3-20)39-33(44)30-14-26(35)18-41(30)31(42)17-36-32(43)29-10-8-23-12-25(34)9-11-28(23)40-29/h4-13,15-16,19-20,26,30H,2-3,14,17-18H2,1H3,(H,36,43)(H,37,38)(H,39,44)/b5-4+/t19-,26+,30-/m0/s1. The number of rotatable bonds is 9. The molecule has 0 unspecified atom stereocenters. The van der Waals surface area contributed by atoms with Crippen molar-refractivity contribution in [3.8, 4) is 11.1 Å². The molecular formula is C33H32F2N6O3. The molecule has 2 aromatic carbocycles. The van der Waals surface area contributed by atoms with Crippen LogP contribution in [-0.4, -0.2) is 63.1 Å². The number of amides is 3. The Morgan fingerprint density at radius 3 is 2.73 bits per heavy atom. The Kier molecular flexibility index (Phi) is 8.19. The molecule has 226 valence electrons. The van der Waals surface area contributed by atoms with E-state index in [9.17, 15) is 23.2 Å². The zero-order valence-corrected chi connectivity index (χ0v) is 24.1. The normalized spacial score (nSPS) is 18.9. The molecule has 3 heterocycles. The van der Waals surface area contributed by atoms with Crippen LogP contribution in [0.4, 0.5) is 8.78 Å².